The first kappa shape index (κ1) is 38.8. The third-order valence-corrected chi connectivity index (χ3v) is 13.5. The highest BCUT2D eigenvalue weighted by Crippen LogP contribution is 2.46. The minimum atomic E-state index is 0.550. The standard InChI is InChI=1S/C63H38N4O2/c1-4-16-39(17-5-1)41-28-30-43(31-29-41)62-64-61(42-20-8-3-9-21-42)65-63(66-62)51-37-45(38-57-58(51)48-23-11-14-26-55(48)68-57)46-33-35-54(60-59(46)49-24-12-15-27-56(49)69-60)67-52-25-13-10-22-47(52)50-36-44(32-34-53(50)67)40-18-6-2-7-19-40/h1-38H. The van der Waals surface area contributed by atoms with Crippen LogP contribution in [0.5, 0.6) is 0 Å². The number of aromatic nitrogens is 4. The fourth-order valence-electron chi connectivity index (χ4n) is 10.2. The van der Waals surface area contributed by atoms with Crippen molar-refractivity contribution in [3.8, 4) is 73.2 Å². The van der Waals surface area contributed by atoms with Crippen molar-refractivity contribution < 1.29 is 8.83 Å². The van der Waals surface area contributed by atoms with E-state index in [-0.39, 0.29) is 0 Å². The molecule has 0 fully saturated rings. The summed E-state index contributed by atoms with van der Waals surface area (Å²) >= 11 is 0. The third-order valence-electron chi connectivity index (χ3n) is 13.5. The second-order valence-electron chi connectivity index (χ2n) is 17.5. The maximum atomic E-state index is 7.00. The molecule has 0 saturated heterocycles. The molecule has 0 amide bonds. The lowest BCUT2D eigenvalue weighted by atomic mass is 9.94. The molecular formula is C63H38N4O2. The summed E-state index contributed by atoms with van der Waals surface area (Å²) in [7, 11) is 0. The number of nitrogens with zero attached hydrogens (tertiary/aromatic N) is 4. The van der Waals surface area contributed by atoms with Gasteiger partial charge in [-0.05, 0) is 81.9 Å². The van der Waals surface area contributed by atoms with Crippen LogP contribution in [0.15, 0.2) is 239 Å². The van der Waals surface area contributed by atoms with Crippen LogP contribution in [-0.2, 0) is 0 Å². The van der Waals surface area contributed by atoms with Crippen molar-refractivity contribution in [1.82, 2.24) is 19.5 Å². The Morgan fingerprint density at radius 2 is 0.797 bits per heavy atom. The van der Waals surface area contributed by atoms with Crippen LogP contribution in [-0.4, -0.2) is 19.5 Å². The highest BCUT2D eigenvalue weighted by atomic mass is 16.3. The van der Waals surface area contributed by atoms with Gasteiger partial charge in [-0.3, -0.25) is 0 Å². The predicted octanol–water partition coefficient (Wildman–Crippen LogP) is 16.8. The first-order valence-corrected chi connectivity index (χ1v) is 23.2. The normalized spacial score (nSPS) is 11.8. The Labute approximate surface area is 396 Å². The van der Waals surface area contributed by atoms with Gasteiger partial charge in [-0.15, -0.1) is 0 Å². The molecule has 322 valence electrons. The number of benzene rings is 10. The van der Waals surface area contributed by atoms with Gasteiger partial charge >= 0.3 is 0 Å². The van der Waals surface area contributed by atoms with Gasteiger partial charge in [0.2, 0.25) is 0 Å². The summed E-state index contributed by atoms with van der Waals surface area (Å²) < 4.78 is 16.1. The van der Waals surface area contributed by atoms with E-state index in [1.54, 1.807) is 0 Å². The summed E-state index contributed by atoms with van der Waals surface area (Å²) in [6.45, 7) is 0. The molecule has 0 bridgehead atoms. The predicted molar refractivity (Wildman–Crippen MR) is 281 cm³/mol. The first-order valence-electron chi connectivity index (χ1n) is 23.2. The monoisotopic (exact) mass is 882 g/mol. The van der Waals surface area contributed by atoms with E-state index in [0.29, 0.717) is 17.5 Å². The van der Waals surface area contributed by atoms with Gasteiger partial charge < -0.3 is 13.4 Å². The Kier molecular flexibility index (Phi) is 8.79. The maximum Gasteiger partial charge on any atom is 0.164 e. The number of furan rings is 2. The van der Waals surface area contributed by atoms with E-state index in [0.717, 1.165) is 99.5 Å². The molecule has 0 unspecified atom stereocenters. The molecule has 14 rings (SSSR count). The zero-order valence-electron chi connectivity index (χ0n) is 37.0. The molecule has 6 nitrogen and oxygen atoms in total. The second kappa shape index (κ2) is 15.6. The summed E-state index contributed by atoms with van der Waals surface area (Å²) in [4.78, 5) is 15.7. The van der Waals surface area contributed by atoms with Gasteiger partial charge in [0, 0.05) is 49.0 Å². The largest absolute Gasteiger partial charge is 0.456 e. The lowest BCUT2D eigenvalue weighted by Gasteiger charge is -2.14. The van der Waals surface area contributed by atoms with Crippen molar-refractivity contribution in [3.05, 3.63) is 231 Å². The van der Waals surface area contributed by atoms with Crippen LogP contribution in [0, 0.1) is 0 Å². The summed E-state index contributed by atoms with van der Waals surface area (Å²) in [5, 5.41) is 6.32. The van der Waals surface area contributed by atoms with E-state index in [9.17, 15) is 0 Å². The summed E-state index contributed by atoms with van der Waals surface area (Å²) in [5.41, 5.74) is 15.5. The van der Waals surface area contributed by atoms with E-state index in [2.05, 4.69) is 180 Å². The lowest BCUT2D eigenvalue weighted by molar-refractivity contribution is 0.666. The molecule has 0 spiro atoms. The smallest absolute Gasteiger partial charge is 0.164 e. The second-order valence-corrected chi connectivity index (χ2v) is 17.5. The van der Waals surface area contributed by atoms with Crippen LogP contribution < -0.4 is 0 Å². The highest BCUT2D eigenvalue weighted by Gasteiger charge is 2.24. The van der Waals surface area contributed by atoms with Gasteiger partial charge in [0.1, 0.15) is 16.7 Å². The minimum absolute atomic E-state index is 0.550. The third kappa shape index (κ3) is 6.38. The Balaban J connectivity index is 1.01. The molecule has 0 aliphatic heterocycles. The average Bonchev–Trinajstić information content (AvgIpc) is 4.11. The molecule has 0 radical (unpaired) electrons. The number of para-hydroxylation sites is 3. The van der Waals surface area contributed by atoms with Crippen LogP contribution in [0.25, 0.3) is 139 Å². The molecular weight excluding hydrogens is 845 g/mol. The maximum absolute atomic E-state index is 7.00. The van der Waals surface area contributed by atoms with Crippen molar-refractivity contribution in [2.24, 2.45) is 0 Å². The number of hydrogen-bond acceptors (Lipinski definition) is 5. The van der Waals surface area contributed by atoms with Gasteiger partial charge in [0.15, 0.2) is 23.1 Å². The molecule has 0 aliphatic rings. The van der Waals surface area contributed by atoms with E-state index in [1.165, 1.54) is 21.9 Å². The molecule has 69 heavy (non-hydrogen) atoms. The fraction of sp³-hybridized carbons (Fsp3) is 0. The molecule has 0 aliphatic carbocycles. The first-order chi connectivity index (χ1) is 34.2. The molecule has 0 N–H and O–H groups in total. The quantitative estimate of drug-likeness (QED) is 0.159. The van der Waals surface area contributed by atoms with Crippen molar-refractivity contribution in [2.75, 3.05) is 0 Å². The highest BCUT2D eigenvalue weighted by molar-refractivity contribution is 6.19. The van der Waals surface area contributed by atoms with E-state index in [4.69, 9.17) is 23.8 Å². The number of fused-ring (bicyclic) bond motifs is 9. The zero-order valence-corrected chi connectivity index (χ0v) is 37.0. The molecule has 0 saturated carbocycles. The van der Waals surface area contributed by atoms with Crippen LogP contribution in [0.1, 0.15) is 0 Å². The average molecular weight is 883 g/mol. The summed E-state index contributed by atoms with van der Waals surface area (Å²) in [5.74, 6) is 1.72. The summed E-state index contributed by atoms with van der Waals surface area (Å²) in [6, 6.07) is 80.3. The van der Waals surface area contributed by atoms with Gasteiger partial charge in [-0.25, -0.2) is 15.0 Å². The van der Waals surface area contributed by atoms with Gasteiger partial charge in [-0.2, -0.15) is 0 Å². The molecule has 10 aromatic carbocycles. The van der Waals surface area contributed by atoms with Crippen LogP contribution in [0.3, 0.4) is 0 Å². The Bertz CT molecular complexity index is 4290. The molecule has 4 heterocycles. The van der Waals surface area contributed by atoms with Gasteiger partial charge in [0.25, 0.3) is 0 Å². The molecule has 0 atom stereocenters. The Hall–Kier alpha value is -9.39. The SMILES string of the molecule is c1ccc(-c2ccc(-c3nc(-c4ccccc4)nc(-c4cc(-c5ccc(-n6c7ccccc7c7cc(-c8ccccc8)ccc76)c6oc7ccccc7c56)cc5oc6ccccc6c45)n3)cc2)cc1. The molecule has 6 heteroatoms. The Morgan fingerprint density at radius 1 is 0.290 bits per heavy atom. The van der Waals surface area contributed by atoms with Crippen LogP contribution >= 0.6 is 0 Å². The van der Waals surface area contributed by atoms with Crippen molar-refractivity contribution in [2.45, 2.75) is 0 Å². The van der Waals surface area contributed by atoms with E-state index < -0.39 is 0 Å². The lowest BCUT2D eigenvalue weighted by Crippen LogP contribution is -2.01. The fourth-order valence-corrected chi connectivity index (χ4v) is 10.2. The summed E-state index contributed by atoms with van der Waals surface area (Å²) in [6.07, 6.45) is 0. The molecule has 14 aromatic rings. The minimum Gasteiger partial charge on any atom is -0.456 e. The molecule has 4 aromatic heterocycles. The number of rotatable bonds is 7. The van der Waals surface area contributed by atoms with Crippen LogP contribution in [0.2, 0.25) is 0 Å². The van der Waals surface area contributed by atoms with Crippen LogP contribution in [0.4, 0.5) is 0 Å². The van der Waals surface area contributed by atoms with Gasteiger partial charge in [0.05, 0.1) is 16.7 Å². The van der Waals surface area contributed by atoms with Crippen molar-refractivity contribution >= 4 is 65.7 Å². The Morgan fingerprint density at radius 3 is 1.51 bits per heavy atom. The van der Waals surface area contributed by atoms with E-state index >= 15 is 0 Å². The topological polar surface area (TPSA) is 69.9 Å². The van der Waals surface area contributed by atoms with Crippen molar-refractivity contribution in [3.63, 3.8) is 0 Å². The van der Waals surface area contributed by atoms with E-state index in [1.807, 2.05) is 54.6 Å². The number of hydrogen-bond donors (Lipinski definition) is 0. The van der Waals surface area contributed by atoms with Crippen molar-refractivity contribution in [1.29, 1.82) is 0 Å². The zero-order chi connectivity index (χ0) is 45.4. The van der Waals surface area contributed by atoms with Gasteiger partial charge in [-0.1, -0.05) is 182 Å².